The second-order valence-electron chi connectivity index (χ2n) is 5.32. The van der Waals surface area contributed by atoms with Crippen LogP contribution in [0, 0.1) is 18.8 Å². The largest absolute Gasteiger partial charge is 0.342 e. The maximum atomic E-state index is 12.6. The van der Waals surface area contributed by atoms with Crippen LogP contribution in [0.4, 0.5) is 0 Å². The molecule has 0 fully saturated rings. The van der Waals surface area contributed by atoms with Crippen molar-refractivity contribution in [1.82, 2.24) is 8.96 Å². The van der Waals surface area contributed by atoms with E-state index in [1.54, 1.807) is 12.1 Å². The van der Waals surface area contributed by atoms with E-state index in [4.69, 9.17) is 0 Å². The van der Waals surface area contributed by atoms with E-state index in [2.05, 4.69) is 11.8 Å². The van der Waals surface area contributed by atoms with Crippen LogP contribution in [0.5, 0.6) is 0 Å². The molecule has 0 aliphatic carbocycles. The third kappa shape index (κ3) is 3.84. The van der Waals surface area contributed by atoms with Gasteiger partial charge in [0.15, 0.2) is 0 Å². The Hall–Kier alpha value is -2.59. The van der Waals surface area contributed by atoms with E-state index < -0.39 is 21.3 Å². The Morgan fingerprint density at radius 2 is 1.83 bits per heavy atom. The van der Waals surface area contributed by atoms with Gasteiger partial charge in [0.1, 0.15) is 5.56 Å². The van der Waals surface area contributed by atoms with Crippen LogP contribution in [0.1, 0.15) is 37.3 Å². The first-order valence-corrected chi connectivity index (χ1v) is 8.97. The van der Waals surface area contributed by atoms with E-state index in [0.717, 1.165) is 24.6 Å². The number of aryl methyl sites for hydroxylation is 1. The van der Waals surface area contributed by atoms with Crippen LogP contribution in [0.3, 0.4) is 0 Å². The van der Waals surface area contributed by atoms with Gasteiger partial charge in [0.05, 0.1) is 4.90 Å². The van der Waals surface area contributed by atoms with Crippen molar-refractivity contribution in [2.45, 2.75) is 38.0 Å². The first kappa shape index (κ1) is 17.8. The molecule has 126 valence electrons. The summed E-state index contributed by atoms with van der Waals surface area (Å²) in [6.07, 6.45) is 3.42. The Labute approximate surface area is 140 Å². The molecular formula is C17H18N2O4S. The van der Waals surface area contributed by atoms with Gasteiger partial charge in [0.25, 0.3) is 15.6 Å². The summed E-state index contributed by atoms with van der Waals surface area (Å²) >= 11 is 0. The average molecular weight is 346 g/mol. The number of nitrogens with one attached hydrogen (secondary N) is 1. The molecule has 0 aliphatic rings. The molecule has 1 aromatic heterocycles. The van der Waals surface area contributed by atoms with Crippen LogP contribution >= 0.6 is 0 Å². The SMILES string of the molecule is CCCCC#Cc1cn(S(=O)(=O)c2ccc(C)cc2)c(=O)[nH]c1=O. The van der Waals surface area contributed by atoms with Gasteiger partial charge in [-0.3, -0.25) is 9.78 Å². The third-order valence-electron chi connectivity index (χ3n) is 3.37. The van der Waals surface area contributed by atoms with E-state index in [9.17, 15) is 18.0 Å². The van der Waals surface area contributed by atoms with Crippen LogP contribution in [-0.2, 0) is 10.0 Å². The highest BCUT2D eigenvalue weighted by atomic mass is 32.2. The van der Waals surface area contributed by atoms with Gasteiger partial charge in [-0.25, -0.2) is 13.2 Å². The van der Waals surface area contributed by atoms with E-state index >= 15 is 0 Å². The molecule has 0 saturated heterocycles. The lowest BCUT2D eigenvalue weighted by atomic mass is 10.2. The monoisotopic (exact) mass is 346 g/mol. The van der Waals surface area contributed by atoms with Gasteiger partial charge < -0.3 is 0 Å². The topological polar surface area (TPSA) is 89.0 Å². The Morgan fingerprint density at radius 3 is 2.46 bits per heavy atom. The number of nitrogens with zero attached hydrogens (tertiary/aromatic N) is 1. The molecule has 7 heteroatoms. The van der Waals surface area contributed by atoms with E-state index in [1.807, 2.05) is 18.8 Å². The van der Waals surface area contributed by atoms with E-state index in [0.29, 0.717) is 10.4 Å². The highest BCUT2D eigenvalue weighted by Crippen LogP contribution is 2.12. The molecule has 24 heavy (non-hydrogen) atoms. The van der Waals surface area contributed by atoms with Crippen molar-refractivity contribution in [3.05, 3.63) is 62.4 Å². The minimum absolute atomic E-state index is 0.0351. The summed E-state index contributed by atoms with van der Waals surface area (Å²) in [5, 5.41) is 0. The normalized spacial score (nSPS) is 10.9. The first-order chi connectivity index (χ1) is 11.4. The number of rotatable bonds is 4. The second kappa shape index (κ2) is 7.32. The standard InChI is InChI=1S/C17H18N2O4S/c1-3-4-5-6-7-14-12-19(17(21)18-16(14)20)24(22,23)15-10-8-13(2)9-11-15/h8-12H,3-5H2,1-2H3,(H,18,20,21). The van der Waals surface area contributed by atoms with Gasteiger partial charge in [-0.1, -0.05) is 42.9 Å². The van der Waals surface area contributed by atoms with Crippen LogP contribution in [0.25, 0.3) is 0 Å². The van der Waals surface area contributed by atoms with Gasteiger partial charge in [0.2, 0.25) is 0 Å². The van der Waals surface area contributed by atoms with Gasteiger partial charge in [-0.15, -0.1) is 0 Å². The zero-order valence-electron chi connectivity index (χ0n) is 13.5. The lowest BCUT2D eigenvalue weighted by Crippen LogP contribution is -2.35. The second-order valence-corrected chi connectivity index (χ2v) is 7.14. The molecule has 1 aromatic carbocycles. The summed E-state index contributed by atoms with van der Waals surface area (Å²) in [4.78, 5) is 25.7. The number of hydrogen-bond donors (Lipinski definition) is 1. The molecule has 0 spiro atoms. The lowest BCUT2D eigenvalue weighted by Gasteiger charge is -2.07. The quantitative estimate of drug-likeness (QED) is 0.673. The zero-order chi connectivity index (χ0) is 17.7. The molecule has 0 amide bonds. The Bertz CT molecular complexity index is 1000. The zero-order valence-corrected chi connectivity index (χ0v) is 14.3. The maximum absolute atomic E-state index is 12.6. The minimum atomic E-state index is -4.09. The molecule has 2 aromatic rings. The molecule has 0 saturated carbocycles. The Morgan fingerprint density at radius 1 is 1.17 bits per heavy atom. The summed E-state index contributed by atoms with van der Waals surface area (Å²) in [7, 11) is -4.09. The molecular weight excluding hydrogens is 328 g/mol. The van der Waals surface area contributed by atoms with Crippen molar-refractivity contribution in [2.24, 2.45) is 0 Å². The number of hydrogen-bond acceptors (Lipinski definition) is 4. The lowest BCUT2D eigenvalue weighted by molar-refractivity contribution is 0.583. The van der Waals surface area contributed by atoms with Crippen LogP contribution in [-0.4, -0.2) is 17.4 Å². The summed E-state index contributed by atoms with van der Waals surface area (Å²) < 4.78 is 25.7. The van der Waals surface area contributed by atoms with E-state index in [1.165, 1.54) is 12.1 Å². The predicted octanol–water partition coefficient (Wildman–Crippen LogP) is 1.62. The fourth-order valence-corrected chi connectivity index (χ4v) is 3.18. The fourth-order valence-electron chi connectivity index (χ4n) is 1.97. The number of aromatic amines is 1. The minimum Gasteiger partial charge on any atom is -0.272 e. The van der Waals surface area contributed by atoms with Crippen LogP contribution in [0.2, 0.25) is 0 Å². The molecule has 6 nitrogen and oxygen atoms in total. The van der Waals surface area contributed by atoms with Crippen molar-refractivity contribution in [1.29, 1.82) is 0 Å². The Balaban J connectivity index is 2.53. The van der Waals surface area contributed by atoms with E-state index in [-0.39, 0.29) is 10.5 Å². The highest BCUT2D eigenvalue weighted by molar-refractivity contribution is 7.90. The molecule has 1 N–H and O–H groups in total. The van der Waals surface area contributed by atoms with Gasteiger partial charge >= 0.3 is 5.69 Å². The molecule has 1 heterocycles. The number of benzene rings is 1. The van der Waals surface area contributed by atoms with Gasteiger partial charge in [-0.2, -0.15) is 3.97 Å². The molecule has 2 rings (SSSR count). The predicted molar refractivity (Wildman–Crippen MR) is 91.5 cm³/mol. The molecule has 0 radical (unpaired) electrons. The van der Waals surface area contributed by atoms with Gasteiger partial charge in [-0.05, 0) is 25.5 Å². The van der Waals surface area contributed by atoms with Crippen LogP contribution in [0.15, 0.2) is 44.9 Å². The molecule has 0 unspecified atom stereocenters. The maximum Gasteiger partial charge on any atom is 0.342 e. The molecule has 0 bridgehead atoms. The Kier molecular flexibility index (Phi) is 5.42. The van der Waals surface area contributed by atoms with Crippen molar-refractivity contribution in [2.75, 3.05) is 0 Å². The molecule has 0 atom stereocenters. The number of H-pyrrole nitrogens is 1. The van der Waals surface area contributed by atoms with Crippen molar-refractivity contribution in [3.8, 4) is 11.8 Å². The smallest absolute Gasteiger partial charge is 0.272 e. The summed E-state index contributed by atoms with van der Waals surface area (Å²) in [6.45, 7) is 3.84. The average Bonchev–Trinajstić information content (AvgIpc) is 2.53. The van der Waals surface area contributed by atoms with Gasteiger partial charge in [0, 0.05) is 12.6 Å². The summed E-state index contributed by atoms with van der Waals surface area (Å²) in [6, 6.07) is 6.09. The summed E-state index contributed by atoms with van der Waals surface area (Å²) in [5.41, 5.74) is -0.870. The summed E-state index contributed by atoms with van der Waals surface area (Å²) in [5.74, 6) is 5.44. The highest BCUT2D eigenvalue weighted by Gasteiger charge is 2.19. The van der Waals surface area contributed by atoms with Crippen molar-refractivity contribution in [3.63, 3.8) is 0 Å². The fraction of sp³-hybridized carbons (Fsp3) is 0.294. The van der Waals surface area contributed by atoms with Crippen LogP contribution < -0.4 is 11.2 Å². The first-order valence-electron chi connectivity index (χ1n) is 7.53. The van der Waals surface area contributed by atoms with Crippen molar-refractivity contribution < 1.29 is 8.42 Å². The number of unbranched alkanes of at least 4 members (excludes halogenated alkanes) is 2. The number of aromatic nitrogens is 2. The third-order valence-corrected chi connectivity index (χ3v) is 5.02. The molecule has 0 aliphatic heterocycles. The van der Waals surface area contributed by atoms with Crippen molar-refractivity contribution >= 4 is 10.0 Å².